The van der Waals surface area contributed by atoms with E-state index in [1.54, 1.807) is 24.5 Å². The number of hydrogen-bond acceptors (Lipinski definition) is 2. The summed E-state index contributed by atoms with van der Waals surface area (Å²) in [4.78, 5) is 15.4. The average Bonchev–Trinajstić information content (AvgIpc) is 2.46. The van der Waals surface area contributed by atoms with Crippen LogP contribution in [0.4, 0.5) is 4.39 Å². The molecular weight excluding hydrogens is 253 g/mol. The first-order valence-electron chi connectivity index (χ1n) is 6.30. The molecule has 0 spiro atoms. The van der Waals surface area contributed by atoms with Gasteiger partial charge in [-0.3, -0.25) is 9.78 Å². The average molecular weight is 265 g/mol. The van der Waals surface area contributed by atoms with Crippen LogP contribution < -0.4 is 0 Å². The second kappa shape index (κ2) is 4.85. The molecule has 0 aliphatic rings. The van der Waals surface area contributed by atoms with Crippen LogP contribution >= 0.6 is 0 Å². The largest absolute Gasteiger partial charge is 0.295 e. The molecular formula is C17H12FNO. The number of halogens is 1. The van der Waals surface area contributed by atoms with Crippen LogP contribution in [0.25, 0.3) is 21.9 Å². The van der Waals surface area contributed by atoms with Gasteiger partial charge in [-0.05, 0) is 30.0 Å². The first-order valence-corrected chi connectivity index (χ1v) is 6.30. The highest BCUT2D eigenvalue weighted by Crippen LogP contribution is 2.30. The Hall–Kier alpha value is -2.55. The SMILES string of the molecule is CC(=O)c1ccc(-c2cccc3ccncc23)c(F)c1. The van der Waals surface area contributed by atoms with Gasteiger partial charge in [-0.2, -0.15) is 0 Å². The topological polar surface area (TPSA) is 30.0 Å². The van der Waals surface area contributed by atoms with E-state index in [4.69, 9.17) is 0 Å². The third kappa shape index (κ3) is 2.07. The van der Waals surface area contributed by atoms with E-state index < -0.39 is 5.82 Å². The van der Waals surface area contributed by atoms with Crippen molar-refractivity contribution in [2.45, 2.75) is 6.92 Å². The first kappa shape index (κ1) is 12.5. The molecule has 0 N–H and O–H groups in total. The molecule has 0 radical (unpaired) electrons. The Balaban J connectivity index is 2.23. The maximum absolute atomic E-state index is 14.3. The molecule has 3 aromatic rings. The van der Waals surface area contributed by atoms with E-state index in [1.807, 2.05) is 24.3 Å². The molecule has 0 aliphatic carbocycles. The monoisotopic (exact) mass is 265 g/mol. The zero-order valence-electron chi connectivity index (χ0n) is 10.9. The number of hydrogen-bond donors (Lipinski definition) is 0. The van der Waals surface area contributed by atoms with E-state index in [0.717, 1.165) is 16.3 Å². The molecule has 0 atom stereocenters. The standard InChI is InChI=1S/C17H12FNO/c1-11(20)13-5-6-15(17(18)9-13)14-4-2-3-12-7-8-19-10-16(12)14/h2-10H,1H3. The molecule has 3 rings (SSSR count). The number of benzene rings is 2. The van der Waals surface area contributed by atoms with Crippen molar-refractivity contribution >= 4 is 16.6 Å². The van der Waals surface area contributed by atoms with E-state index in [0.29, 0.717) is 11.1 Å². The van der Waals surface area contributed by atoms with Crippen molar-refractivity contribution in [1.29, 1.82) is 0 Å². The van der Waals surface area contributed by atoms with Crippen molar-refractivity contribution in [3.63, 3.8) is 0 Å². The van der Waals surface area contributed by atoms with Gasteiger partial charge in [0, 0.05) is 28.9 Å². The van der Waals surface area contributed by atoms with Gasteiger partial charge in [0.25, 0.3) is 0 Å². The second-order valence-electron chi connectivity index (χ2n) is 4.65. The maximum Gasteiger partial charge on any atom is 0.159 e. The van der Waals surface area contributed by atoms with Gasteiger partial charge in [0.1, 0.15) is 5.82 Å². The van der Waals surface area contributed by atoms with Gasteiger partial charge >= 0.3 is 0 Å². The Labute approximate surface area is 115 Å². The fourth-order valence-corrected chi connectivity index (χ4v) is 2.30. The first-order chi connectivity index (χ1) is 9.66. The summed E-state index contributed by atoms with van der Waals surface area (Å²) in [6.45, 7) is 1.43. The summed E-state index contributed by atoms with van der Waals surface area (Å²) in [6.07, 6.45) is 3.43. The summed E-state index contributed by atoms with van der Waals surface area (Å²) >= 11 is 0. The molecule has 1 aromatic heterocycles. The quantitative estimate of drug-likeness (QED) is 0.648. The van der Waals surface area contributed by atoms with Crippen molar-refractivity contribution in [3.05, 3.63) is 66.2 Å². The van der Waals surface area contributed by atoms with E-state index in [1.165, 1.54) is 13.0 Å². The Kier molecular flexibility index (Phi) is 3.03. The lowest BCUT2D eigenvalue weighted by Gasteiger charge is -2.08. The van der Waals surface area contributed by atoms with E-state index in [2.05, 4.69) is 4.98 Å². The maximum atomic E-state index is 14.3. The Morgan fingerprint density at radius 1 is 1.10 bits per heavy atom. The molecule has 0 bridgehead atoms. The fourth-order valence-electron chi connectivity index (χ4n) is 2.30. The molecule has 0 fully saturated rings. The molecule has 3 heteroatoms. The number of rotatable bonds is 2. The van der Waals surface area contributed by atoms with Crippen LogP contribution in [0.5, 0.6) is 0 Å². The summed E-state index contributed by atoms with van der Waals surface area (Å²) in [6, 6.07) is 12.2. The minimum Gasteiger partial charge on any atom is -0.295 e. The van der Waals surface area contributed by atoms with Crippen LogP contribution in [-0.4, -0.2) is 10.8 Å². The normalized spacial score (nSPS) is 10.7. The molecule has 0 saturated heterocycles. The lowest BCUT2D eigenvalue weighted by atomic mass is 9.97. The van der Waals surface area contributed by atoms with Gasteiger partial charge in [0.15, 0.2) is 5.78 Å². The van der Waals surface area contributed by atoms with E-state index in [-0.39, 0.29) is 5.78 Å². The fraction of sp³-hybridized carbons (Fsp3) is 0.0588. The predicted octanol–water partition coefficient (Wildman–Crippen LogP) is 4.24. The molecule has 98 valence electrons. The molecule has 0 aliphatic heterocycles. The van der Waals surface area contributed by atoms with Crippen LogP contribution in [0.1, 0.15) is 17.3 Å². The van der Waals surface area contributed by atoms with Gasteiger partial charge in [-0.15, -0.1) is 0 Å². The Bertz CT molecular complexity index is 806. The molecule has 0 unspecified atom stereocenters. The number of nitrogens with zero attached hydrogens (tertiary/aromatic N) is 1. The van der Waals surface area contributed by atoms with Crippen LogP contribution in [0, 0.1) is 5.82 Å². The van der Waals surface area contributed by atoms with Crippen molar-refractivity contribution in [3.8, 4) is 11.1 Å². The molecule has 20 heavy (non-hydrogen) atoms. The molecule has 2 aromatic carbocycles. The number of pyridine rings is 1. The smallest absolute Gasteiger partial charge is 0.159 e. The highest BCUT2D eigenvalue weighted by molar-refractivity contribution is 5.98. The van der Waals surface area contributed by atoms with E-state index in [9.17, 15) is 9.18 Å². The van der Waals surface area contributed by atoms with E-state index >= 15 is 0 Å². The van der Waals surface area contributed by atoms with Gasteiger partial charge < -0.3 is 0 Å². The predicted molar refractivity (Wildman–Crippen MR) is 77.1 cm³/mol. The van der Waals surface area contributed by atoms with Crippen LogP contribution in [-0.2, 0) is 0 Å². The number of fused-ring (bicyclic) bond motifs is 1. The minimum atomic E-state index is -0.394. The van der Waals surface area contributed by atoms with Crippen molar-refractivity contribution < 1.29 is 9.18 Å². The molecule has 2 nitrogen and oxygen atoms in total. The van der Waals surface area contributed by atoms with Gasteiger partial charge in [0.2, 0.25) is 0 Å². The number of carbonyl (C=O) groups is 1. The molecule has 0 amide bonds. The summed E-state index contributed by atoms with van der Waals surface area (Å²) < 4.78 is 14.3. The van der Waals surface area contributed by atoms with Crippen LogP contribution in [0.3, 0.4) is 0 Å². The molecule has 0 saturated carbocycles. The third-order valence-electron chi connectivity index (χ3n) is 3.35. The lowest BCUT2D eigenvalue weighted by molar-refractivity contribution is 0.101. The van der Waals surface area contributed by atoms with Gasteiger partial charge in [0.05, 0.1) is 0 Å². The second-order valence-corrected chi connectivity index (χ2v) is 4.65. The van der Waals surface area contributed by atoms with Crippen LogP contribution in [0.2, 0.25) is 0 Å². The Morgan fingerprint density at radius 2 is 1.95 bits per heavy atom. The zero-order chi connectivity index (χ0) is 14.1. The number of aromatic nitrogens is 1. The number of ketones is 1. The summed E-state index contributed by atoms with van der Waals surface area (Å²) in [7, 11) is 0. The van der Waals surface area contributed by atoms with Gasteiger partial charge in [-0.25, -0.2) is 4.39 Å². The summed E-state index contributed by atoms with van der Waals surface area (Å²) in [5.74, 6) is -0.538. The van der Waals surface area contributed by atoms with Crippen LogP contribution in [0.15, 0.2) is 54.9 Å². The number of Topliss-reactive ketones (excluding diaryl/α,β-unsaturated/α-hetero) is 1. The third-order valence-corrected chi connectivity index (χ3v) is 3.35. The zero-order valence-corrected chi connectivity index (χ0v) is 10.9. The highest BCUT2D eigenvalue weighted by Gasteiger charge is 2.10. The van der Waals surface area contributed by atoms with Gasteiger partial charge in [-0.1, -0.05) is 30.3 Å². The van der Waals surface area contributed by atoms with Crippen molar-refractivity contribution in [1.82, 2.24) is 4.98 Å². The Morgan fingerprint density at radius 3 is 2.70 bits per heavy atom. The van der Waals surface area contributed by atoms with Crippen molar-refractivity contribution in [2.24, 2.45) is 0 Å². The summed E-state index contributed by atoms with van der Waals surface area (Å²) in [5, 5.41) is 1.90. The highest BCUT2D eigenvalue weighted by atomic mass is 19.1. The number of carbonyl (C=O) groups excluding carboxylic acids is 1. The van der Waals surface area contributed by atoms with Crippen molar-refractivity contribution in [2.75, 3.05) is 0 Å². The minimum absolute atomic E-state index is 0.143. The lowest BCUT2D eigenvalue weighted by Crippen LogP contribution is -1.95. The molecule has 1 heterocycles. The summed E-state index contributed by atoms with van der Waals surface area (Å²) in [5.41, 5.74) is 1.64.